The fourth-order valence-corrected chi connectivity index (χ4v) is 5.96. The first-order valence-electron chi connectivity index (χ1n) is 11.0. The second-order valence-electron chi connectivity index (χ2n) is 9.30. The lowest BCUT2D eigenvalue weighted by molar-refractivity contribution is -0.157. The summed E-state index contributed by atoms with van der Waals surface area (Å²) < 4.78 is 47.0. The first-order chi connectivity index (χ1) is 15.3. The Bertz CT molecular complexity index is 1140. The van der Waals surface area contributed by atoms with Crippen molar-refractivity contribution < 1.29 is 22.3 Å². The highest BCUT2D eigenvalue weighted by Crippen LogP contribution is 2.55. The summed E-state index contributed by atoms with van der Waals surface area (Å²) in [4.78, 5) is 15.0. The number of benzene rings is 2. The van der Waals surface area contributed by atoms with Gasteiger partial charge in [0.25, 0.3) is 5.91 Å². The number of halogens is 1. The van der Waals surface area contributed by atoms with Crippen LogP contribution in [-0.2, 0) is 26.0 Å². The van der Waals surface area contributed by atoms with E-state index in [1.807, 2.05) is 29.2 Å². The number of likely N-dealkylation sites (tertiary alicyclic amines) is 1. The molecule has 0 bridgehead atoms. The lowest BCUT2D eigenvalue weighted by Gasteiger charge is -2.34. The SMILES string of the molecule is CS(=O)(=O)N[C@@H]1[C@H](Cc2cccc(-c3ccccc3F)c2)N(C(=O)[C@H]2CCO2)CC12CC2. The van der Waals surface area contributed by atoms with E-state index >= 15 is 0 Å². The molecule has 1 spiro atoms. The van der Waals surface area contributed by atoms with Gasteiger partial charge in [0.05, 0.1) is 18.9 Å². The summed E-state index contributed by atoms with van der Waals surface area (Å²) in [5.74, 6) is -0.353. The number of amides is 1. The van der Waals surface area contributed by atoms with Gasteiger partial charge < -0.3 is 9.64 Å². The number of ether oxygens (including phenoxy) is 1. The van der Waals surface area contributed by atoms with E-state index in [0.717, 1.165) is 24.0 Å². The van der Waals surface area contributed by atoms with E-state index in [2.05, 4.69) is 4.72 Å². The zero-order valence-corrected chi connectivity index (χ0v) is 18.8. The quantitative estimate of drug-likeness (QED) is 0.722. The van der Waals surface area contributed by atoms with Gasteiger partial charge >= 0.3 is 0 Å². The number of nitrogens with one attached hydrogen (secondary N) is 1. The van der Waals surface area contributed by atoms with E-state index in [1.165, 1.54) is 12.3 Å². The summed E-state index contributed by atoms with van der Waals surface area (Å²) in [6.45, 7) is 1.12. The van der Waals surface area contributed by atoms with Crippen molar-refractivity contribution >= 4 is 15.9 Å². The smallest absolute Gasteiger partial charge is 0.252 e. The summed E-state index contributed by atoms with van der Waals surface area (Å²) in [5, 5.41) is 0. The summed E-state index contributed by atoms with van der Waals surface area (Å²) in [7, 11) is -3.45. The van der Waals surface area contributed by atoms with Crippen LogP contribution in [0.4, 0.5) is 4.39 Å². The average Bonchev–Trinajstić information content (AvgIpc) is 3.42. The van der Waals surface area contributed by atoms with Gasteiger partial charge in [-0.3, -0.25) is 4.79 Å². The van der Waals surface area contributed by atoms with Gasteiger partial charge in [-0.05, 0) is 36.5 Å². The number of carbonyl (C=O) groups is 1. The maximum atomic E-state index is 14.3. The molecular formula is C24H27FN2O4S. The molecule has 0 unspecified atom stereocenters. The van der Waals surface area contributed by atoms with Gasteiger partial charge in [0.15, 0.2) is 0 Å². The van der Waals surface area contributed by atoms with Crippen molar-refractivity contribution in [1.29, 1.82) is 0 Å². The number of rotatable bonds is 6. The molecule has 0 radical (unpaired) electrons. The minimum absolute atomic E-state index is 0.0596. The van der Waals surface area contributed by atoms with E-state index in [0.29, 0.717) is 31.6 Å². The van der Waals surface area contributed by atoms with Gasteiger partial charge in [0.2, 0.25) is 10.0 Å². The summed E-state index contributed by atoms with van der Waals surface area (Å²) >= 11 is 0. The van der Waals surface area contributed by atoms with Crippen molar-refractivity contribution in [2.75, 3.05) is 19.4 Å². The molecule has 2 aliphatic heterocycles. The van der Waals surface area contributed by atoms with Gasteiger partial charge in [-0.25, -0.2) is 17.5 Å². The number of hydrogen-bond donors (Lipinski definition) is 1. The molecule has 2 saturated heterocycles. The number of carbonyl (C=O) groups excluding carboxylic acids is 1. The molecule has 6 nitrogen and oxygen atoms in total. The second kappa shape index (κ2) is 7.93. The minimum atomic E-state index is -3.45. The molecule has 2 heterocycles. The molecule has 1 amide bonds. The molecule has 1 N–H and O–H groups in total. The molecule has 3 aliphatic rings. The molecule has 3 fully saturated rings. The maximum absolute atomic E-state index is 14.3. The van der Waals surface area contributed by atoms with Gasteiger partial charge in [0.1, 0.15) is 11.9 Å². The number of hydrogen-bond acceptors (Lipinski definition) is 4. The van der Waals surface area contributed by atoms with E-state index < -0.39 is 16.1 Å². The average molecular weight is 459 g/mol. The topological polar surface area (TPSA) is 75.7 Å². The van der Waals surface area contributed by atoms with Crippen LogP contribution in [0.2, 0.25) is 0 Å². The maximum Gasteiger partial charge on any atom is 0.252 e. The third-order valence-corrected chi connectivity index (χ3v) is 7.66. The van der Waals surface area contributed by atoms with Crippen LogP contribution in [0.3, 0.4) is 0 Å². The van der Waals surface area contributed by atoms with Crippen LogP contribution in [0.15, 0.2) is 48.5 Å². The van der Waals surface area contributed by atoms with Crippen LogP contribution >= 0.6 is 0 Å². The molecule has 170 valence electrons. The number of sulfonamides is 1. The van der Waals surface area contributed by atoms with Crippen molar-refractivity contribution in [3.05, 3.63) is 59.9 Å². The third kappa shape index (κ3) is 4.07. The van der Waals surface area contributed by atoms with Gasteiger partial charge in [-0.2, -0.15) is 0 Å². The highest BCUT2D eigenvalue weighted by atomic mass is 32.2. The fourth-order valence-electron chi connectivity index (χ4n) is 5.09. The molecule has 1 saturated carbocycles. The molecule has 5 rings (SSSR count). The Hall–Kier alpha value is -2.29. The predicted octanol–water partition coefficient (Wildman–Crippen LogP) is 2.73. The predicted molar refractivity (Wildman–Crippen MR) is 119 cm³/mol. The summed E-state index contributed by atoms with van der Waals surface area (Å²) in [6.07, 6.45) is 3.69. The van der Waals surface area contributed by atoms with E-state index in [1.54, 1.807) is 18.2 Å². The fraction of sp³-hybridized carbons (Fsp3) is 0.458. The Morgan fingerprint density at radius 2 is 1.97 bits per heavy atom. The van der Waals surface area contributed by atoms with Crippen molar-refractivity contribution in [3.8, 4) is 11.1 Å². The number of nitrogens with zero attached hydrogens (tertiary/aromatic N) is 1. The van der Waals surface area contributed by atoms with Crippen LogP contribution in [0.1, 0.15) is 24.8 Å². The standard InChI is InChI=1S/C24H27FN2O4S/c1-32(29,30)26-22-20(27(15-24(22)10-11-24)23(28)21-9-12-31-21)14-16-5-4-6-17(13-16)18-7-2-3-8-19(18)25/h2-8,13,20-22,26H,9-12,14-15H2,1H3/t20-,21+,22+/m0/s1. The van der Waals surface area contributed by atoms with Crippen LogP contribution in [0.5, 0.6) is 0 Å². The lowest BCUT2D eigenvalue weighted by Crippen LogP contribution is -2.52. The first kappa shape index (κ1) is 21.6. The highest BCUT2D eigenvalue weighted by Gasteiger charge is 2.61. The second-order valence-corrected chi connectivity index (χ2v) is 11.1. The zero-order valence-electron chi connectivity index (χ0n) is 18.0. The Labute approximate surface area is 187 Å². The monoisotopic (exact) mass is 458 g/mol. The Morgan fingerprint density at radius 1 is 1.22 bits per heavy atom. The lowest BCUT2D eigenvalue weighted by atomic mass is 9.91. The molecule has 3 atom stereocenters. The van der Waals surface area contributed by atoms with Crippen LogP contribution in [-0.4, -0.2) is 56.8 Å². The van der Waals surface area contributed by atoms with Crippen molar-refractivity contribution in [2.24, 2.45) is 5.41 Å². The molecule has 32 heavy (non-hydrogen) atoms. The Kier molecular flexibility index (Phi) is 5.34. The molecule has 2 aromatic carbocycles. The highest BCUT2D eigenvalue weighted by molar-refractivity contribution is 7.88. The molecule has 0 aromatic heterocycles. The van der Waals surface area contributed by atoms with Crippen molar-refractivity contribution in [2.45, 2.75) is 43.9 Å². The Balaban J connectivity index is 1.47. The van der Waals surface area contributed by atoms with Crippen LogP contribution in [0.25, 0.3) is 11.1 Å². The largest absolute Gasteiger partial charge is 0.368 e. The first-order valence-corrected chi connectivity index (χ1v) is 12.9. The summed E-state index contributed by atoms with van der Waals surface area (Å²) in [6, 6.07) is 13.6. The Morgan fingerprint density at radius 3 is 2.59 bits per heavy atom. The van der Waals surface area contributed by atoms with Gasteiger partial charge in [0, 0.05) is 30.0 Å². The van der Waals surface area contributed by atoms with E-state index in [-0.39, 0.29) is 29.2 Å². The molecular weight excluding hydrogens is 431 g/mol. The molecule has 1 aliphatic carbocycles. The van der Waals surface area contributed by atoms with Gasteiger partial charge in [-0.1, -0.05) is 42.5 Å². The van der Waals surface area contributed by atoms with Crippen LogP contribution < -0.4 is 4.72 Å². The van der Waals surface area contributed by atoms with Crippen molar-refractivity contribution in [1.82, 2.24) is 9.62 Å². The van der Waals surface area contributed by atoms with Crippen molar-refractivity contribution in [3.63, 3.8) is 0 Å². The normalized spacial score (nSPS) is 26.2. The molecule has 8 heteroatoms. The zero-order chi connectivity index (χ0) is 22.5. The van der Waals surface area contributed by atoms with E-state index in [9.17, 15) is 17.6 Å². The minimum Gasteiger partial charge on any atom is -0.368 e. The van der Waals surface area contributed by atoms with Gasteiger partial charge in [-0.15, -0.1) is 0 Å². The van der Waals surface area contributed by atoms with E-state index in [4.69, 9.17) is 4.74 Å². The molecule has 2 aromatic rings. The summed E-state index contributed by atoms with van der Waals surface area (Å²) in [5.41, 5.74) is 1.99. The third-order valence-electron chi connectivity index (χ3n) is 6.98. The van der Waals surface area contributed by atoms with Crippen LogP contribution in [0, 0.1) is 11.2 Å².